The van der Waals surface area contributed by atoms with Crippen molar-refractivity contribution in [1.29, 1.82) is 0 Å². The van der Waals surface area contributed by atoms with Crippen LogP contribution in [0.4, 0.5) is 0 Å². The van der Waals surface area contributed by atoms with Gasteiger partial charge in [-0.05, 0) is 70.6 Å². The molecule has 10 nitrogen and oxygen atoms in total. The minimum Gasteiger partial charge on any atom is -0.462 e. The summed E-state index contributed by atoms with van der Waals surface area (Å²) in [4.78, 5) is 34.9. The van der Waals surface area contributed by atoms with Crippen molar-refractivity contribution >= 4 is 19.8 Å². The predicted octanol–water partition coefficient (Wildman–Crippen LogP) is 10.2. The third-order valence-corrected chi connectivity index (χ3v) is 9.17. The topological polar surface area (TPSA) is 149 Å². The first kappa shape index (κ1) is 49.9. The van der Waals surface area contributed by atoms with E-state index in [1.165, 1.54) is 32.1 Å². The van der Waals surface area contributed by atoms with Crippen molar-refractivity contribution in [3.05, 3.63) is 48.6 Å². The second-order valence-corrected chi connectivity index (χ2v) is 14.7. The number of carbonyl (C=O) groups excluding carboxylic acids is 2. The van der Waals surface area contributed by atoms with Crippen molar-refractivity contribution in [2.75, 3.05) is 26.4 Å². The summed E-state index contributed by atoms with van der Waals surface area (Å²) in [6.45, 7) is 2.21. The van der Waals surface area contributed by atoms with Gasteiger partial charge in [0.05, 0.1) is 19.8 Å². The molecule has 0 aromatic carbocycles. The van der Waals surface area contributed by atoms with Crippen LogP contribution in [0.1, 0.15) is 162 Å². The molecule has 302 valence electrons. The first-order valence-corrected chi connectivity index (χ1v) is 21.6. The lowest BCUT2D eigenvalue weighted by atomic mass is 10.1. The van der Waals surface area contributed by atoms with E-state index >= 15 is 0 Å². The third kappa shape index (κ3) is 36.3. The fourth-order valence-corrected chi connectivity index (χ4v) is 5.91. The van der Waals surface area contributed by atoms with Crippen LogP contribution in [-0.2, 0) is 32.7 Å². The van der Waals surface area contributed by atoms with Gasteiger partial charge in [-0.2, -0.15) is 0 Å². The molecule has 11 heteroatoms. The van der Waals surface area contributed by atoms with Crippen LogP contribution in [-0.4, -0.2) is 65.7 Å². The summed E-state index contributed by atoms with van der Waals surface area (Å²) >= 11 is 0. The van der Waals surface area contributed by atoms with Crippen molar-refractivity contribution in [2.45, 2.75) is 174 Å². The number of allylic oxidation sites excluding steroid dienone is 8. The first-order valence-electron chi connectivity index (χ1n) is 20.1. The Bertz CT molecular complexity index is 1010. The lowest BCUT2D eigenvalue weighted by Gasteiger charge is -2.20. The van der Waals surface area contributed by atoms with Crippen LogP contribution < -0.4 is 0 Å². The molecule has 0 aromatic heterocycles. The molecule has 3 atom stereocenters. The number of phosphoric ester groups is 1. The van der Waals surface area contributed by atoms with Crippen LogP contribution in [0.5, 0.6) is 0 Å². The van der Waals surface area contributed by atoms with E-state index in [1.54, 1.807) is 0 Å². The van der Waals surface area contributed by atoms with E-state index in [0.29, 0.717) is 12.8 Å². The molecule has 0 radical (unpaired) electrons. The number of hydrogen-bond acceptors (Lipinski definition) is 9. The highest BCUT2D eigenvalue weighted by Crippen LogP contribution is 2.43. The summed E-state index contributed by atoms with van der Waals surface area (Å²) in [7, 11) is -4.62. The minimum atomic E-state index is -4.62. The maximum atomic E-state index is 12.6. The normalized spacial score (nSPS) is 14.5. The Morgan fingerprint density at radius 3 is 1.62 bits per heavy atom. The zero-order chi connectivity index (χ0) is 38.4. The van der Waals surface area contributed by atoms with E-state index in [-0.39, 0.29) is 19.4 Å². The Morgan fingerprint density at radius 1 is 0.596 bits per heavy atom. The summed E-state index contributed by atoms with van der Waals surface area (Å²) in [5.74, 6) is -0.958. The second kappa shape index (κ2) is 37.3. The van der Waals surface area contributed by atoms with Crippen LogP contribution in [0.2, 0.25) is 0 Å². The molecule has 1 unspecified atom stereocenters. The molecular formula is C41H73O10P. The standard InChI is InChI=1S/C41H73O10P/c1-3-5-7-9-11-13-15-17-19-21-23-25-27-29-31-33-41(45)51-39(37-50-52(46,47)49-35-38(43)34-42)36-48-40(44)32-30-28-26-24-22-20-18-16-14-12-10-8-6-4-2/h5,7,11,13,16-19,38-39,42-43H,3-4,6,8-10,12,14-15,20-37H2,1-2H3,(H,46,47)/b7-5+,13-11+,18-16+,19-17+/t38-,39+/m0/s1. The number of ether oxygens (including phenoxy) is 2. The third-order valence-electron chi connectivity index (χ3n) is 8.22. The molecule has 0 saturated heterocycles. The summed E-state index contributed by atoms with van der Waals surface area (Å²) in [5.41, 5.74) is 0. The van der Waals surface area contributed by atoms with Gasteiger partial charge in [-0.15, -0.1) is 0 Å². The van der Waals surface area contributed by atoms with E-state index in [0.717, 1.165) is 89.9 Å². The number of phosphoric acid groups is 1. The molecule has 0 fully saturated rings. The molecule has 0 aliphatic carbocycles. The van der Waals surface area contributed by atoms with Gasteiger partial charge in [0.2, 0.25) is 0 Å². The fourth-order valence-electron chi connectivity index (χ4n) is 5.12. The van der Waals surface area contributed by atoms with Gasteiger partial charge in [-0.3, -0.25) is 18.6 Å². The Hall–Kier alpha value is -2.07. The predicted molar refractivity (Wildman–Crippen MR) is 210 cm³/mol. The molecule has 3 N–H and O–H groups in total. The second-order valence-electron chi connectivity index (χ2n) is 13.3. The molecule has 0 rings (SSSR count). The van der Waals surface area contributed by atoms with Crippen molar-refractivity contribution in [2.24, 2.45) is 0 Å². The summed E-state index contributed by atoms with van der Waals surface area (Å²) in [6, 6.07) is 0. The molecular weight excluding hydrogens is 683 g/mol. The lowest BCUT2D eigenvalue weighted by molar-refractivity contribution is -0.161. The van der Waals surface area contributed by atoms with Crippen molar-refractivity contribution in [3.8, 4) is 0 Å². The van der Waals surface area contributed by atoms with E-state index < -0.39 is 51.8 Å². The van der Waals surface area contributed by atoms with Crippen LogP contribution in [0, 0.1) is 0 Å². The van der Waals surface area contributed by atoms with Gasteiger partial charge in [0.25, 0.3) is 0 Å². The van der Waals surface area contributed by atoms with Gasteiger partial charge >= 0.3 is 19.8 Å². The molecule has 0 spiro atoms. The van der Waals surface area contributed by atoms with Crippen LogP contribution in [0.15, 0.2) is 48.6 Å². The maximum absolute atomic E-state index is 12.6. The van der Waals surface area contributed by atoms with Gasteiger partial charge in [-0.25, -0.2) is 4.57 Å². The van der Waals surface area contributed by atoms with Gasteiger partial charge in [0.15, 0.2) is 6.10 Å². The average molecular weight is 757 g/mol. The van der Waals surface area contributed by atoms with Crippen molar-refractivity contribution in [3.63, 3.8) is 0 Å². The molecule has 0 amide bonds. The smallest absolute Gasteiger partial charge is 0.462 e. The van der Waals surface area contributed by atoms with E-state index in [9.17, 15) is 24.2 Å². The van der Waals surface area contributed by atoms with Crippen LogP contribution in [0.3, 0.4) is 0 Å². The number of unbranched alkanes of at least 4 members (excludes halogenated alkanes) is 15. The maximum Gasteiger partial charge on any atom is 0.472 e. The molecule has 52 heavy (non-hydrogen) atoms. The van der Waals surface area contributed by atoms with Crippen LogP contribution in [0.25, 0.3) is 0 Å². The number of aliphatic hydroxyl groups is 2. The number of rotatable bonds is 37. The highest BCUT2D eigenvalue weighted by Gasteiger charge is 2.27. The number of carbonyl (C=O) groups is 2. The quantitative estimate of drug-likeness (QED) is 0.0242. The van der Waals surface area contributed by atoms with Crippen LogP contribution >= 0.6 is 7.82 Å². The number of esters is 2. The fraction of sp³-hybridized carbons (Fsp3) is 0.756. The summed E-state index contributed by atoms with van der Waals surface area (Å²) in [6.07, 6.45) is 37.9. The monoisotopic (exact) mass is 756 g/mol. The van der Waals surface area contributed by atoms with Gasteiger partial charge in [-0.1, -0.05) is 127 Å². The Labute approximate surface area is 315 Å². The highest BCUT2D eigenvalue weighted by molar-refractivity contribution is 7.47. The Balaban J connectivity index is 4.39. The summed E-state index contributed by atoms with van der Waals surface area (Å²) < 4.78 is 32.6. The Kier molecular flexibility index (Phi) is 35.8. The highest BCUT2D eigenvalue weighted by atomic mass is 31.2. The van der Waals surface area contributed by atoms with E-state index in [1.807, 2.05) is 0 Å². The van der Waals surface area contributed by atoms with Crippen molar-refractivity contribution in [1.82, 2.24) is 0 Å². The SMILES string of the molecule is CC/C=C/C/C=C/C/C=C/CCCCCCCC(=O)O[C@H](COC(=O)CCCCCCC/C=C/CCCCCCC)COP(=O)(O)OC[C@@H](O)CO. The molecule has 0 aliphatic rings. The zero-order valence-corrected chi connectivity index (χ0v) is 33.4. The van der Waals surface area contributed by atoms with Gasteiger partial charge in [0, 0.05) is 12.8 Å². The number of hydrogen-bond donors (Lipinski definition) is 3. The summed E-state index contributed by atoms with van der Waals surface area (Å²) in [5, 5.41) is 18.3. The average Bonchev–Trinajstić information content (AvgIpc) is 3.13. The van der Waals surface area contributed by atoms with Crippen molar-refractivity contribution < 1.29 is 47.8 Å². The van der Waals surface area contributed by atoms with Gasteiger partial charge in [0.1, 0.15) is 12.7 Å². The molecule has 0 aromatic rings. The molecule has 0 bridgehead atoms. The van der Waals surface area contributed by atoms with E-state index in [2.05, 4.69) is 67.0 Å². The zero-order valence-electron chi connectivity index (χ0n) is 32.5. The first-order chi connectivity index (χ1) is 25.2. The van der Waals surface area contributed by atoms with E-state index in [4.69, 9.17) is 19.1 Å². The molecule has 0 heterocycles. The Morgan fingerprint density at radius 2 is 1.06 bits per heavy atom. The lowest BCUT2D eigenvalue weighted by Crippen LogP contribution is -2.29. The minimum absolute atomic E-state index is 0.162. The van der Waals surface area contributed by atoms with Gasteiger partial charge < -0.3 is 24.6 Å². The number of aliphatic hydroxyl groups excluding tert-OH is 2. The molecule has 0 aliphatic heterocycles. The molecule has 0 saturated carbocycles. The largest absolute Gasteiger partial charge is 0.472 e.